The first-order chi connectivity index (χ1) is 21.2. The summed E-state index contributed by atoms with van der Waals surface area (Å²) in [4.78, 5) is 34.9. The van der Waals surface area contributed by atoms with Crippen LogP contribution in [-0.4, -0.2) is 139 Å². The Morgan fingerprint density at radius 3 is 1.77 bits per heavy atom. The number of carbonyl (C=O) groups is 3. The molecular weight excluding hydrogens is 596 g/mol. The van der Waals surface area contributed by atoms with Crippen molar-refractivity contribution in [2.75, 3.05) is 98.1 Å². The maximum Gasteiger partial charge on any atom is 0.407 e. The molecule has 2 rings (SSSR count). The van der Waals surface area contributed by atoms with Crippen molar-refractivity contribution in [2.45, 2.75) is 69.4 Å². The van der Waals surface area contributed by atoms with Crippen LogP contribution in [0.1, 0.15) is 46.5 Å². The standard InChI is InChI=1S/C29H54N4O10S/c1-29(2,3)43-28(36)31-9-11-38-13-15-40-17-19-42-21-20-41-18-16-39-14-12-37-10-8-30-25(34)7-5-4-6-24-26-23(22-44-24)32-27(35)33-26/h23-24,26H,4-22H2,1-3H3,(H,30,34)(H,31,36)(H2,32,33,35). The van der Waals surface area contributed by atoms with Crippen LogP contribution in [0.3, 0.4) is 0 Å². The summed E-state index contributed by atoms with van der Waals surface area (Å²) in [7, 11) is 0. The molecule has 0 aromatic heterocycles. The molecule has 3 atom stereocenters. The summed E-state index contributed by atoms with van der Waals surface area (Å²) in [5, 5.41) is 11.9. The fraction of sp³-hybridized carbons (Fsp3) is 0.897. The highest BCUT2D eigenvalue weighted by Gasteiger charge is 2.42. The van der Waals surface area contributed by atoms with Gasteiger partial charge in [0.05, 0.1) is 91.4 Å². The smallest absolute Gasteiger partial charge is 0.407 e. The van der Waals surface area contributed by atoms with Crippen molar-refractivity contribution in [3.8, 4) is 0 Å². The van der Waals surface area contributed by atoms with Crippen molar-refractivity contribution in [1.82, 2.24) is 21.3 Å². The minimum absolute atomic E-state index is 0.0408. The Balaban J connectivity index is 1.21. The summed E-state index contributed by atoms with van der Waals surface area (Å²) in [6.45, 7) is 11.8. The van der Waals surface area contributed by atoms with Gasteiger partial charge in [0.25, 0.3) is 0 Å². The third-order valence-corrected chi connectivity index (χ3v) is 7.93. The lowest BCUT2D eigenvalue weighted by atomic mass is 10.0. The van der Waals surface area contributed by atoms with Gasteiger partial charge in [-0.05, 0) is 33.6 Å². The van der Waals surface area contributed by atoms with E-state index in [1.165, 1.54) is 0 Å². The first kappa shape index (κ1) is 38.3. The van der Waals surface area contributed by atoms with Gasteiger partial charge in [-0.1, -0.05) is 6.42 Å². The van der Waals surface area contributed by atoms with Crippen LogP contribution < -0.4 is 21.3 Å². The average molecular weight is 651 g/mol. The van der Waals surface area contributed by atoms with Crippen LogP contribution in [0.4, 0.5) is 9.59 Å². The predicted octanol–water partition coefficient (Wildman–Crippen LogP) is 1.45. The Kier molecular flexibility index (Phi) is 20.4. The molecule has 4 N–H and O–H groups in total. The van der Waals surface area contributed by atoms with E-state index >= 15 is 0 Å². The molecule has 0 aromatic rings. The lowest BCUT2D eigenvalue weighted by Gasteiger charge is -2.19. The molecule has 2 aliphatic heterocycles. The number of hydrogen-bond donors (Lipinski definition) is 4. The lowest BCUT2D eigenvalue weighted by molar-refractivity contribution is -0.121. The summed E-state index contributed by atoms with van der Waals surface area (Å²) >= 11 is 1.90. The van der Waals surface area contributed by atoms with E-state index in [9.17, 15) is 14.4 Å². The molecule has 4 amide bonds. The summed E-state index contributed by atoms with van der Waals surface area (Å²) < 4.78 is 37.8. The SMILES string of the molecule is CC(C)(C)OC(=O)NCCOCCOCCOCCOCCOCCOCCNC(=O)CCCCC1SCC2NC(=O)NC21. The van der Waals surface area contributed by atoms with Crippen LogP contribution in [0.25, 0.3) is 0 Å². The molecule has 15 heteroatoms. The number of thioether (sulfide) groups is 1. The molecule has 2 heterocycles. The molecule has 0 aliphatic carbocycles. The van der Waals surface area contributed by atoms with E-state index < -0.39 is 11.7 Å². The van der Waals surface area contributed by atoms with Gasteiger partial charge >= 0.3 is 12.1 Å². The number of rotatable bonds is 26. The first-order valence-corrected chi connectivity index (χ1v) is 16.7. The molecule has 2 fully saturated rings. The molecule has 0 radical (unpaired) electrons. The molecular formula is C29H54N4O10S. The number of urea groups is 1. The van der Waals surface area contributed by atoms with Gasteiger partial charge < -0.3 is 54.4 Å². The molecule has 0 bridgehead atoms. The molecule has 256 valence electrons. The highest BCUT2D eigenvalue weighted by Crippen LogP contribution is 2.33. The molecule has 0 spiro atoms. The van der Waals surface area contributed by atoms with Crippen molar-refractivity contribution in [3.05, 3.63) is 0 Å². The van der Waals surface area contributed by atoms with E-state index in [0.717, 1.165) is 25.0 Å². The van der Waals surface area contributed by atoms with Gasteiger partial charge in [0.15, 0.2) is 0 Å². The lowest BCUT2D eigenvalue weighted by Crippen LogP contribution is -2.36. The number of alkyl carbamates (subject to hydrolysis) is 1. The molecule has 0 aromatic carbocycles. The van der Waals surface area contributed by atoms with Crippen molar-refractivity contribution >= 4 is 29.8 Å². The maximum absolute atomic E-state index is 12.0. The highest BCUT2D eigenvalue weighted by molar-refractivity contribution is 8.00. The van der Waals surface area contributed by atoms with Crippen LogP contribution in [0, 0.1) is 0 Å². The third kappa shape index (κ3) is 19.5. The predicted molar refractivity (Wildman–Crippen MR) is 166 cm³/mol. The van der Waals surface area contributed by atoms with Crippen molar-refractivity contribution < 1.29 is 47.5 Å². The zero-order chi connectivity index (χ0) is 31.9. The minimum Gasteiger partial charge on any atom is -0.444 e. The Hall–Kier alpha value is -1.88. The third-order valence-electron chi connectivity index (χ3n) is 6.42. The van der Waals surface area contributed by atoms with Gasteiger partial charge in [0.1, 0.15) is 5.60 Å². The van der Waals surface area contributed by atoms with Crippen molar-refractivity contribution in [2.24, 2.45) is 0 Å². The van der Waals surface area contributed by atoms with Crippen LogP contribution in [0.15, 0.2) is 0 Å². The van der Waals surface area contributed by atoms with E-state index in [1.54, 1.807) is 0 Å². The highest BCUT2D eigenvalue weighted by atomic mass is 32.2. The van der Waals surface area contributed by atoms with E-state index in [-0.39, 0.29) is 24.0 Å². The Morgan fingerprint density at radius 2 is 1.25 bits per heavy atom. The van der Waals surface area contributed by atoms with E-state index in [1.807, 2.05) is 32.5 Å². The quantitative estimate of drug-likeness (QED) is 0.0792. The Labute approximate surface area is 266 Å². The summed E-state index contributed by atoms with van der Waals surface area (Å²) in [6, 6.07) is 0.407. The number of unbranched alkanes of at least 4 members (excludes halogenated alkanes) is 1. The number of ether oxygens (including phenoxy) is 7. The first-order valence-electron chi connectivity index (χ1n) is 15.6. The number of hydrogen-bond acceptors (Lipinski definition) is 11. The van der Waals surface area contributed by atoms with E-state index in [4.69, 9.17) is 33.2 Å². The van der Waals surface area contributed by atoms with Crippen molar-refractivity contribution in [3.63, 3.8) is 0 Å². The Morgan fingerprint density at radius 1 is 0.750 bits per heavy atom. The van der Waals surface area contributed by atoms with Crippen LogP contribution >= 0.6 is 11.8 Å². The second-order valence-corrected chi connectivity index (χ2v) is 12.6. The maximum atomic E-state index is 12.0. The molecule has 2 aliphatic rings. The monoisotopic (exact) mass is 650 g/mol. The number of nitrogens with one attached hydrogen (secondary N) is 4. The van der Waals surface area contributed by atoms with Crippen LogP contribution in [0.5, 0.6) is 0 Å². The topological polar surface area (TPSA) is 164 Å². The molecule has 0 saturated carbocycles. The number of fused-ring (bicyclic) bond motifs is 1. The zero-order valence-corrected chi connectivity index (χ0v) is 27.5. The van der Waals surface area contributed by atoms with Crippen LogP contribution in [-0.2, 0) is 38.0 Å². The van der Waals surface area contributed by atoms with Gasteiger partial charge in [0, 0.05) is 30.5 Å². The Bertz CT molecular complexity index is 805. The fourth-order valence-electron chi connectivity index (χ4n) is 4.37. The van der Waals surface area contributed by atoms with Crippen molar-refractivity contribution in [1.29, 1.82) is 0 Å². The minimum atomic E-state index is -0.514. The van der Waals surface area contributed by atoms with Gasteiger partial charge in [-0.3, -0.25) is 4.79 Å². The molecule has 2 saturated heterocycles. The zero-order valence-electron chi connectivity index (χ0n) is 26.7. The van der Waals surface area contributed by atoms with E-state index in [2.05, 4.69) is 21.3 Å². The number of amides is 4. The molecule has 44 heavy (non-hydrogen) atoms. The second kappa shape index (κ2) is 23.5. The summed E-state index contributed by atoms with van der Waals surface area (Å²) in [5.74, 6) is 1.000. The van der Waals surface area contributed by atoms with Gasteiger partial charge in [-0.2, -0.15) is 11.8 Å². The molecule has 3 unspecified atom stereocenters. The van der Waals surface area contributed by atoms with E-state index in [0.29, 0.717) is 104 Å². The number of carbonyl (C=O) groups excluding carboxylic acids is 3. The summed E-state index contributed by atoms with van der Waals surface area (Å²) in [5.41, 5.74) is -0.514. The fourth-order valence-corrected chi connectivity index (χ4v) is 5.91. The van der Waals surface area contributed by atoms with Gasteiger partial charge in [0.2, 0.25) is 5.91 Å². The summed E-state index contributed by atoms with van der Waals surface area (Å²) in [6.07, 6.45) is 2.88. The van der Waals surface area contributed by atoms with Gasteiger partial charge in [-0.15, -0.1) is 0 Å². The van der Waals surface area contributed by atoms with Gasteiger partial charge in [-0.25, -0.2) is 9.59 Å². The largest absolute Gasteiger partial charge is 0.444 e. The average Bonchev–Trinajstić information content (AvgIpc) is 3.52. The normalized spacial score (nSPS) is 19.3. The van der Waals surface area contributed by atoms with Crippen LogP contribution in [0.2, 0.25) is 0 Å². The second-order valence-electron chi connectivity index (χ2n) is 11.3. The molecule has 14 nitrogen and oxygen atoms in total.